The van der Waals surface area contributed by atoms with Gasteiger partial charge < -0.3 is 5.32 Å². The predicted octanol–water partition coefficient (Wildman–Crippen LogP) is 1.87. The fourth-order valence-corrected chi connectivity index (χ4v) is 0.991. The second kappa shape index (κ2) is 4.66. The van der Waals surface area contributed by atoms with Gasteiger partial charge in [-0.1, -0.05) is 18.2 Å². The zero-order chi connectivity index (χ0) is 12.2. The third kappa shape index (κ3) is 2.98. The summed E-state index contributed by atoms with van der Waals surface area (Å²) in [5, 5.41) is 9.87. The molecule has 1 atom stereocenters. The Balaban J connectivity index is 2.76. The lowest BCUT2D eigenvalue weighted by Crippen LogP contribution is -2.44. The average Bonchev–Trinajstić information content (AvgIpc) is 2.25. The molecule has 0 radical (unpaired) electrons. The minimum atomic E-state index is -4.76. The molecule has 16 heavy (non-hydrogen) atoms. The van der Waals surface area contributed by atoms with Crippen LogP contribution in [-0.4, -0.2) is 18.1 Å². The molecule has 0 aliphatic heterocycles. The minimum Gasteiger partial charge on any atom is -0.329 e. The molecule has 0 fully saturated rings. The van der Waals surface area contributed by atoms with Gasteiger partial charge in [0.1, 0.15) is 0 Å². The highest BCUT2D eigenvalue weighted by Crippen LogP contribution is 2.19. The van der Waals surface area contributed by atoms with Crippen molar-refractivity contribution in [1.82, 2.24) is 5.32 Å². The van der Waals surface area contributed by atoms with Crippen LogP contribution in [0.4, 0.5) is 13.2 Å². The van der Waals surface area contributed by atoms with Crippen molar-refractivity contribution in [2.75, 3.05) is 0 Å². The zero-order valence-electron chi connectivity index (χ0n) is 7.95. The Bertz CT molecular complexity index is 408. The Morgan fingerprint density at radius 3 is 2.31 bits per heavy atom. The van der Waals surface area contributed by atoms with Crippen LogP contribution in [0, 0.1) is 11.3 Å². The lowest BCUT2D eigenvalue weighted by Gasteiger charge is -2.14. The first-order chi connectivity index (χ1) is 7.45. The van der Waals surface area contributed by atoms with Crippen LogP contribution in [0.1, 0.15) is 10.4 Å². The van der Waals surface area contributed by atoms with E-state index < -0.39 is 18.1 Å². The highest BCUT2D eigenvalue weighted by atomic mass is 19.4. The van der Waals surface area contributed by atoms with Crippen molar-refractivity contribution in [2.45, 2.75) is 12.2 Å². The molecule has 6 heteroatoms. The molecule has 0 aromatic heterocycles. The van der Waals surface area contributed by atoms with Gasteiger partial charge in [0.15, 0.2) is 0 Å². The number of nitrogens with zero attached hydrogens (tertiary/aromatic N) is 1. The third-order valence-corrected chi connectivity index (χ3v) is 1.77. The first kappa shape index (κ1) is 12.0. The number of alkyl halides is 3. The zero-order valence-corrected chi connectivity index (χ0v) is 7.95. The van der Waals surface area contributed by atoms with Crippen LogP contribution in [0.5, 0.6) is 0 Å². The second-order valence-corrected chi connectivity index (χ2v) is 2.94. The monoisotopic (exact) mass is 228 g/mol. The van der Waals surface area contributed by atoms with Crippen LogP contribution in [0.2, 0.25) is 0 Å². The van der Waals surface area contributed by atoms with Crippen molar-refractivity contribution in [3.05, 3.63) is 35.9 Å². The van der Waals surface area contributed by atoms with E-state index in [1.807, 2.05) is 0 Å². The maximum Gasteiger partial charge on any atom is 0.422 e. The van der Waals surface area contributed by atoms with E-state index in [2.05, 4.69) is 0 Å². The normalized spacial score (nSPS) is 12.6. The number of amides is 1. The van der Waals surface area contributed by atoms with Crippen LogP contribution < -0.4 is 5.32 Å². The van der Waals surface area contributed by atoms with E-state index in [0.717, 1.165) is 6.07 Å². The maximum absolute atomic E-state index is 12.2. The van der Waals surface area contributed by atoms with Crippen molar-refractivity contribution in [1.29, 1.82) is 5.26 Å². The standard InChI is InChI=1S/C10H7F3N2O/c11-10(12,13)8(6-14)15-9(16)7-4-2-1-3-5-7/h1-5,8H,(H,15,16). The quantitative estimate of drug-likeness (QED) is 0.840. The second-order valence-electron chi connectivity index (χ2n) is 2.94. The fraction of sp³-hybridized carbons (Fsp3) is 0.200. The summed E-state index contributed by atoms with van der Waals surface area (Å²) in [6, 6.07) is 5.89. The van der Waals surface area contributed by atoms with Gasteiger partial charge in [0.2, 0.25) is 6.04 Å². The molecule has 0 bridgehead atoms. The van der Waals surface area contributed by atoms with Gasteiger partial charge in [-0.25, -0.2) is 0 Å². The van der Waals surface area contributed by atoms with Crippen molar-refractivity contribution in [3.8, 4) is 6.07 Å². The topological polar surface area (TPSA) is 52.9 Å². The summed E-state index contributed by atoms with van der Waals surface area (Å²) in [7, 11) is 0. The largest absolute Gasteiger partial charge is 0.422 e. The Hall–Kier alpha value is -2.03. The molecule has 1 aromatic carbocycles. The van der Waals surface area contributed by atoms with E-state index >= 15 is 0 Å². The number of hydrogen-bond acceptors (Lipinski definition) is 2. The summed E-state index contributed by atoms with van der Waals surface area (Å²) in [4.78, 5) is 11.3. The van der Waals surface area contributed by atoms with Gasteiger partial charge in [-0.2, -0.15) is 18.4 Å². The summed E-state index contributed by atoms with van der Waals surface area (Å²) in [5.74, 6) is -0.926. The molecule has 3 nitrogen and oxygen atoms in total. The summed E-state index contributed by atoms with van der Waals surface area (Å²) >= 11 is 0. The molecule has 1 aromatic rings. The molecule has 0 spiro atoms. The molecular formula is C10H7F3N2O. The SMILES string of the molecule is N#CC(NC(=O)c1ccccc1)C(F)(F)F. The van der Waals surface area contributed by atoms with E-state index in [1.54, 1.807) is 11.4 Å². The number of nitriles is 1. The highest BCUT2D eigenvalue weighted by molar-refractivity contribution is 5.94. The highest BCUT2D eigenvalue weighted by Gasteiger charge is 2.41. The van der Waals surface area contributed by atoms with E-state index in [0.29, 0.717) is 0 Å². The summed E-state index contributed by atoms with van der Waals surface area (Å²) < 4.78 is 36.5. The molecule has 1 amide bonds. The molecule has 84 valence electrons. The fourth-order valence-electron chi connectivity index (χ4n) is 0.991. The molecular weight excluding hydrogens is 221 g/mol. The van der Waals surface area contributed by atoms with Crippen LogP contribution in [0.3, 0.4) is 0 Å². The number of benzene rings is 1. The van der Waals surface area contributed by atoms with Gasteiger partial charge in [0, 0.05) is 5.56 Å². The van der Waals surface area contributed by atoms with Gasteiger partial charge in [-0.3, -0.25) is 4.79 Å². The number of rotatable bonds is 2. The Labute approximate surface area is 89.5 Å². The van der Waals surface area contributed by atoms with Gasteiger partial charge in [-0.05, 0) is 12.1 Å². The lowest BCUT2D eigenvalue weighted by atomic mass is 10.2. The van der Waals surface area contributed by atoms with Gasteiger partial charge >= 0.3 is 6.18 Å². The van der Waals surface area contributed by atoms with E-state index in [-0.39, 0.29) is 5.56 Å². The summed E-state index contributed by atoms with van der Waals surface area (Å²) in [6.07, 6.45) is -4.76. The van der Waals surface area contributed by atoms with Crippen molar-refractivity contribution in [3.63, 3.8) is 0 Å². The van der Waals surface area contributed by atoms with Crippen LogP contribution in [0.25, 0.3) is 0 Å². The van der Waals surface area contributed by atoms with Crippen LogP contribution >= 0.6 is 0 Å². The number of nitrogens with one attached hydrogen (secondary N) is 1. The maximum atomic E-state index is 12.2. The third-order valence-electron chi connectivity index (χ3n) is 1.77. The van der Waals surface area contributed by atoms with Crippen molar-refractivity contribution < 1.29 is 18.0 Å². The summed E-state index contributed by atoms with van der Waals surface area (Å²) in [5.41, 5.74) is 0.0759. The lowest BCUT2D eigenvalue weighted by molar-refractivity contribution is -0.140. The van der Waals surface area contributed by atoms with Crippen LogP contribution in [-0.2, 0) is 0 Å². The van der Waals surface area contributed by atoms with E-state index in [4.69, 9.17) is 5.26 Å². The smallest absolute Gasteiger partial charge is 0.329 e. The van der Waals surface area contributed by atoms with Crippen LogP contribution in [0.15, 0.2) is 30.3 Å². The summed E-state index contributed by atoms with van der Waals surface area (Å²) in [6.45, 7) is 0. The van der Waals surface area contributed by atoms with Crippen molar-refractivity contribution in [2.24, 2.45) is 0 Å². The van der Waals surface area contributed by atoms with E-state index in [9.17, 15) is 18.0 Å². The van der Waals surface area contributed by atoms with Crippen molar-refractivity contribution >= 4 is 5.91 Å². The number of carbonyl (C=O) groups excluding carboxylic acids is 1. The first-order valence-electron chi connectivity index (χ1n) is 4.27. The first-order valence-corrected chi connectivity index (χ1v) is 4.27. The molecule has 0 aliphatic carbocycles. The molecule has 0 aliphatic rings. The minimum absolute atomic E-state index is 0.0759. The van der Waals surface area contributed by atoms with Gasteiger partial charge in [-0.15, -0.1) is 0 Å². The molecule has 0 saturated carbocycles. The Kier molecular flexibility index (Phi) is 3.51. The molecule has 0 saturated heterocycles. The number of hydrogen-bond donors (Lipinski definition) is 1. The number of carbonyl (C=O) groups is 1. The Morgan fingerprint density at radius 1 is 1.31 bits per heavy atom. The van der Waals surface area contributed by atoms with Gasteiger partial charge in [0.05, 0.1) is 6.07 Å². The molecule has 1 N–H and O–H groups in total. The Morgan fingerprint density at radius 2 is 1.88 bits per heavy atom. The molecule has 0 heterocycles. The van der Waals surface area contributed by atoms with Gasteiger partial charge in [0.25, 0.3) is 5.91 Å². The predicted molar refractivity (Wildman–Crippen MR) is 49.4 cm³/mol. The molecule has 1 rings (SSSR count). The molecule has 1 unspecified atom stereocenters. The van der Waals surface area contributed by atoms with E-state index in [1.165, 1.54) is 24.3 Å². The average molecular weight is 228 g/mol. The number of halogens is 3.